The second kappa shape index (κ2) is 7.08. The molecule has 112 valence electrons. The number of benzene rings is 2. The zero-order valence-corrected chi connectivity index (χ0v) is 16.3. The van der Waals surface area contributed by atoms with Gasteiger partial charge in [-0.05, 0) is 46.1 Å². The summed E-state index contributed by atoms with van der Waals surface area (Å²) in [4.78, 5) is 0. The predicted molar refractivity (Wildman–Crippen MR) is 99.9 cm³/mol. The minimum absolute atomic E-state index is 0.822. The molecule has 0 unspecified atom stereocenters. The molecule has 4 aromatic rings. The monoisotopic (exact) mass is 456 g/mol. The number of hydrogen-bond donors (Lipinski definition) is 0. The van der Waals surface area contributed by atoms with Crippen LogP contribution in [0.15, 0.2) is 34.8 Å². The van der Waals surface area contributed by atoms with Crippen LogP contribution in [0.3, 0.4) is 0 Å². The maximum atomic E-state index is 4.22. The topological polar surface area (TPSA) is 51.6 Å². The second-order valence-corrected chi connectivity index (χ2v) is 6.98. The largest absolute Gasteiger partial charge is 0.173 e. The number of fused-ring (bicyclic) bond motifs is 2. The summed E-state index contributed by atoms with van der Waals surface area (Å²) < 4.78 is 17.7. The zero-order valence-electron chi connectivity index (χ0n) is 11.5. The molecule has 0 amide bonds. The van der Waals surface area contributed by atoms with Gasteiger partial charge < -0.3 is 0 Å². The zero-order chi connectivity index (χ0) is 15.5. The van der Waals surface area contributed by atoms with E-state index >= 15 is 0 Å². The molecular formula is C14H10Br2N4S2. The van der Waals surface area contributed by atoms with E-state index in [0.717, 1.165) is 31.9 Å². The molecule has 0 fully saturated rings. The van der Waals surface area contributed by atoms with Gasteiger partial charge in [-0.25, -0.2) is 0 Å². The van der Waals surface area contributed by atoms with Crippen molar-refractivity contribution < 1.29 is 0 Å². The number of hydrogen-bond acceptors (Lipinski definition) is 6. The number of halogens is 2. The lowest BCUT2D eigenvalue weighted by Crippen LogP contribution is -1.81. The first-order chi connectivity index (χ1) is 10.7. The Balaban J connectivity index is 0.000000133. The first kappa shape index (κ1) is 15.9. The maximum Gasteiger partial charge on any atom is 0.119 e. The first-order valence-corrected chi connectivity index (χ1v) is 9.71. The summed E-state index contributed by atoms with van der Waals surface area (Å²) in [5.74, 6) is 0. The van der Waals surface area contributed by atoms with Crippen LogP contribution in [0.2, 0.25) is 0 Å². The molecule has 4 nitrogen and oxygen atoms in total. The standard InChI is InChI=1S/C7H4Br2N2S.C7H6N2S/c8-3-4-1-2-5(9)7-6(4)10-12-11-7;1-5-3-2-4-6-7(5)9-10-8-6/h1-2H,3H2;2-4H,1H3. The van der Waals surface area contributed by atoms with Crippen molar-refractivity contribution in [3.8, 4) is 0 Å². The van der Waals surface area contributed by atoms with E-state index in [-0.39, 0.29) is 0 Å². The van der Waals surface area contributed by atoms with E-state index in [9.17, 15) is 0 Å². The Bertz CT molecular complexity index is 919. The summed E-state index contributed by atoms with van der Waals surface area (Å²) in [6, 6.07) is 10.1. The van der Waals surface area contributed by atoms with Crippen molar-refractivity contribution in [3.05, 3.63) is 45.9 Å². The van der Waals surface area contributed by atoms with Crippen LogP contribution in [-0.2, 0) is 5.33 Å². The first-order valence-electron chi connectivity index (χ1n) is 6.34. The van der Waals surface area contributed by atoms with Crippen molar-refractivity contribution in [2.75, 3.05) is 0 Å². The lowest BCUT2D eigenvalue weighted by atomic mass is 10.2. The molecule has 0 atom stereocenters. The summed E-state index contributed by atoms with van der Waals surface area (Å²) in [6.45, 7) is 2.05. The van der Waals surface area contributed by atoms with Gasteiger partial charge in [0.1, 0.15) is 22.1 Å². The van der Waals surface area contributed by atoms with Gasteiger partial charge in [-0.2, -0.15) is 17.5 Å². The third-order valence-corrected chi connectivity index (χ3v) is 5.40. The Kier molecular flexibility index (Phi) is 5.12. The molecule has 0 radical (unpaired) electrons. The summed E-state index contributed by atoms with van der Waals surface area (Å²) in [7, 11) is 0. The lowest BCUT2D eigenvalue weighted by molar-refractivity contribution is 1.44. The van der Waals surface area contributed by atoms with Crippen molar-refractivity contribution in [1.82, 2.24) is 17.5 Å². The average molecular weight is 458 g/mol. The number of aryl methyl sites for hydroxylation is 1. The van der Waals surface area contributed by atoms with E-state index in [0.29, 0.717) is 0 Å². The Morgan fingerprint density at radius 1 is 0.909 bits per heavy atom. The van der Waals surface area contributed by atoms with Crippen LogP contribution in [0.5, 0.6) is 0 Å². The fourth-order valence-corrected chi connectivity index (χ4v) is 4.10. The van der Waals surface area contributed by atoms with E-state index in [1.807, 2.05) is 37.3 Å². The van der Waals surface area contributed by atoms with Gasteiger partial charge >= 0.3 is 0 Å². The predicted octanol–water partition coefficient (Wildman–Crippen LogP) is 5.35. The SMILES string of the molecule is BrCc1ccc(Br)c2nsnc12.Cc1cccc2nsnc12. The molecule has 0 bridgehead atoms. The molecule has 0 aliphatic carbocycles. The Morgan fingerprint density at radius 2 is 1.64 bits per heavy atom. The summed E-state index contributed by atoms with van der Waals surface area (Å²) in [5, 5.41) is 0.822. The molecule has 2 aromatic carbocycles. The van der Waals surface area contributed by atoms with Crippen molar-refractivity contribution in [2.24, 2.45) is 0 Å². The molecule has 0 aliphatic heterocycles. The molecule has 2 heterocycles. The Hall–Kier alpha value is -0.960. The van der Waals surface area contributed by atoms with Crippen molar-refractivity contribution >= 4 is 77.4 Å². The molecule has 0 spiro atoms. The third kappa shape index (κ3) is 3.19. The van der Waals surface area contributed by atoms with Gasteiger partial charge in [0, 0.05) is 9.80 Å². The molecule has 22 heavy (non-hydrogen) atoms. The average Bonchev–Trinajstić information content (AvgIpc) is 3.18. The molecule has 2 aromatic heterocycles. The molecule has 0 saturated heterocycles. The number of nitrogens with zero attached hydrogens (tertiary/aromatic N) is 4. The molecule has 4 rings (SSSR count). The summed E-state index contributed by atoms with van der Waals surface area (Å²) >= 11 is 9.35. The van der Waals surface area contributed by atoms with E-state index < -0.39 is 0 Å². The van der Waals surface area contributed by atoms with E-state index in [1.54, 1.807) is 0 Å². The number of rotatable bonds is 1. The highest BCUT2D eigenvalue weighted by molar-refractivity contribution is 9.10. The van der Waals surface area contributed by atoms with Gasteiger partial charge in [-0.1, -0.05) is 34.1 Å². The fourth-order valence-electron chi connectivity index (χ4n) is 1.94. The Morgan fingerprint density at radius 3 is 2.41 bits per heavy atom. The highest BCUT2D eigenvalue weighted by Gasteiger charge is 2.06. The van der Waals surface area contributed by atoms with Crippen LogP contribution in [0.1, 0.15) is 11.1 Å². The smallest absolute Gasteiger partial charge is 0.119 e. The molecular weight excluding hydrogens is 448 g/mol. The highest BCUT2D eigenvalue weighted by atomic mass is 79.9. The van der Waals surface area contributed by atoms with Gasteiger partial charge in [0.25, 0.3) is 0 Å². The van der Waals surface area contributed by atoms with Crippen molar-refractivity contribution in [2.45, 2.75) is 12.3 Å². The minimum atomic E-state index is 0.822. The van der Waals surface area contributed by atoms with Crippen molar-refractivity contribution in [1.29, 1.82) is 0 Å². The van der Waals surface area contributed by atoms with Crippen molar-refractivity contribution in [3.63, 3.8) is 0 Å². The maximum absolute atomic E-state index is 4.22. The van der Waals surface area contributed by atoms with Crippen LogP contribution < -0.4 is 0 Å². The van der Waals surface area contributed by atoms with Gasteiger partial charge in [-0.3, -0.25) is 0 Å². The molecule has 0 aliphatic rings. The normalized spacial score (nSPS) is 10.7. The highest BCUT2D eigenvalue weighted by Crippen LogP contribution is 2.26. The summed E-state index contributed by atoms with van der Waals surface area (Å²) in [6.07, 6.45) is 0. The second-order valence-electron chi connectivity index (χ2n) is 4.51. The lowest BCUT2D eigenvalue weighted by Gasteiger charge is -1.96. The van der Waals surface area contributed by atoms with Crippen LogP contribution in [0.25, 0.3) is 22.1 Å². The van der Waals surface area contributed by atoms with Crippen LogP contribution in [0.4, 0.5) is 0 Å². The fraction of sp³-hybridized carbons (Fsp3) is 0.143. The van der Waals surface area contributed by atoms with Gasteiger partial charge in [-0.15, -0.1) is 0 Å². The quantitative estimate of drug-likeness (QED) is 0.361. The van der Waals surface area contributed by atoms with E-state index in [4.69, 9.17) is 0 Å². The molecule has 0 N–H and O–H groups in total. The summed E-state index contributed by atoms with van der Waals surface area (Å²) in [5.41, 5.74) is 6.37. The van der Waals surface area contributed by atoms with E-state index in [2.05, 4.69) is 49.4 Å². The Labute approximate surface area is 152 Å². The van der Waals surface area contributed by atoms with Gasteiger partial charge in [0.15, 0.2) is 0 Å². The van der Waals surface area contributed by atoms with Crippen LogP contribution in [0, 0.1) is 6.92 Å². The molecule has 8 heteroatoms. The third-order valence-electron chi connectivity index (χ3n) is 3.08. The van der Waals surface area contributed by atoms with Gasteiger partial charge in [0.2, 0.25) is 0 Å². The molecule has 0 saturated carbocycles. The number of aromatic nitrogens is 4. The van der Waals surface area contributed by atoms with Gasteiger partial charge in [0.05, 0.1) is 23.5 Å². The number of alkyl halides is 1. The van der Waals surface area contributed by atoms with Crippen LogP contribution >= 0.6 is 55.3 Å². The minimum Gasteiger partial charge on any atom is -0.173 e. The van der Waals surface area contributed by atoms with Crippen LogP contribution in [-0.4, -0.2) is 17.5 Å². The van der Waals surface area contributed by atoms with E-state index in [1.165, 1.54) is 34.6 Å².